The van der Waals surface area contributed by atoms with Crippen LogP contribution < -0.4 is 5.32 Å². The van der Waals surface area contributed by atoms with Crippen LogP contribution >= 0.6 is 0 Å². The average Bonchev–Trinajstić information content (AvgIpc) is 2.28. The second kappa shape index (κ2) is 5.40. The van der Waals surface area contributed by atoms with Gasteiger partial charge in [0, 0.05) is 6.04 Å². The van der Waals surface area contributed by atoms with Gasteiger partial charge in [0.2, 0.25) is 0 Å². The number of rotatable bonds is 3. The molecule has 0 radical (unpaired) electrons. The summed E-state index contributed by atoms with van der Waals surface area (Å²) >= 11 is 0. The Morgan fingerprint density at radius 2 is 1.61 bits per heavy atom. The molecule has 0 spiro atoms. The maximum atomic E-state index is 12.7. The van der Waals surface area contributed by atoms with Gasteiger partial charge in [0.15, 0.2) is 0 Å². The summed E-state index contributed by atoms with van der Waals surface area (Å²) in [5.41, 5.74) is 0. The van der Waals surface area contributed by atoms with Crippen molar-refractivity contribution in [3.63, 3.8) is 0 Å². The highest BCUT2D eigenvalue weighted by Gasteiger charge is 2.63. The maximum Gasteiger partial charge on any atom is 0.463 e. The lowest BCUT2D eigenvalue weighted by atomic mass is 9.84. The molecular weight excluding hydrogens is 257 g/mol. The third-order valence-corrected chi connectivity index (χ3v) is 3.36. The molecule has 1 fully saturated rings. The van der Waals surface area contributed by atoms with E-state index in [4.69, 9.17) is 0 Å². The molecule has 1 unspecified atom stereocenters. The topological polar surface area (TPSA) is 29.1 Å². The molecule has 1 rings (SSSR count). The van der Waals surface area contributed by atoms with Crippen LogP contribution in [0.1, 0.15) is 39.0 Å². The van der Waals surface area contributed by atoms with Gasteiger partial charge in [0.25, 0.3) is 0 Å². The summed E-state index contributed by atoms with van der Waals surface area (Å²) in [5.74, 6) is -7.60. The number of amides is 1. The second-order valence-corrected chi connectivity index (χ2v) is 4.73. The molecule has 106 valence electrons. The third kappa shape index (κ3) is 3.32. The molecule has 0 bridgehead atoms. The highest BCUT2D eigenvalue weighted by Crippen LogP contribution is 2.36. The average molecular weight is 273 g/mol. The van der Waals surface area contributed by atoms with Crippen molar-refractivity contribution < 1.29 is 26.7 Å². The quantitative estimate of drug-likeness (QED) is 0.786. The molecule has 0 aromatic heterocycles. The molecule has 1 atom stereocenters. The van der Waals surface area contributed by atoms with Crippen LogP contribution in [0.3, 0.4) is 0 Å². The summed E-state index contributed by atoms with van der Waals surface area (Å²) in [6, 6.07) is -0.661. The predicted molar refractivity (Wildman–Crippen MR) is 55.2 cm³/mol. The van der Waals surface area contributed by atoms with Gasteiger partial charge in [-0.2, -0.15) is 22.0 Å². The molecule has 0 aromatic carbocycles. The highest BCUT2D eigenvalue weighted by atomic mass is 19.4. The summed E-state index contributed by atoms with van der Waals surface area (Å²) in [6.07, 6.45) is -1.47. The van der Waals surface area contributed by atoms with Gasteiger partial charge < -0.3 is 5.32 Å². The molecule has 1 aliphatic carbocycles. The van der Waals surface area contributed by atoms with Gasteiger partial charge in [0.1, 0.15) is 0 Å². The summed E-state index contributed by atoms with van der Waals surface area (Å²) < 4.78 is 61.3. The van der Waals surface area contributed by atoms with Crippen molar-refractivity contribution in [2.75, 3.05) is 0 Å². The summed E-state index contributed by atoms with van der Waals surface area (Å²) in [4.78, 5) is 11.0. The Hall–Kier alpha value is -0.880. The summed E-state index contributed by atoms with van der Waals surface area (Å²) in [6.45, 7) is 1.47. The normalized spacial score (nSPS) is 20.6. The Labute approximate surface area is 102 Å². The molecule has 1 saturated carbocycles. The van der Waals surface area contributed by atoms with E-state index in [1.807, 2.05) is 0 Å². The Kier molecular flexibility index (Phi) is 4.55. The molecule has 1 amide bonds. The number of carbonyl (C=O) groups excluding carboxylic acids is 1. The van der Waals surface area contributed by atoms with Gasteiger partial charge in [-0.3, -0.25) is 4.79 Å². The number of hydrogen-bond acceptors (Lipinski definition) is 1. The lowest BCUT2D eigenvalue weighted by Crippen LogP contribution is -2.53. The van der Waals surface area contributed by atoms with Crippen LogP contribution in [-0.4, -0.2) is 24.0 Å². The standard InChI is InChI=1S/C11H16F5NO/c1-7(8-5-3-2-4-6-8)17-9(18)10(12,13)11(14,15)16/h7-8H,2-6H2,1H3,(H,17,18). The first kappa shape index (κ1) is 15.2. The van der Waals surface area contributed by atoms with E-state index < -0.39 is 24.0 Å². The van der Waals surface area contributed by atoms with Crippen molar-refractivity contribution in [2.45, 2.75) is 57.2 Å². The van der Waals surface area contributed by atoms with E-state index in [0.29, 0.717) is 0 Å². The zero-order valence-electron chi connectivity index (χ0n) is 9.99. The first-order valence-electron chi connectivity index (χ1n) is 5.91. The van der Waals surface area contributed by atoms with Crippen LogP contribution in [0, 0.1) is 5.92 Å². The minimum absolute atomic E-state index is 0.0215. The molecule has 0 saturated heterocycles. The van der Waals surface area contributed by atoms with Gasteiger partial charge in [-0.25, -0.2) is 0 Å². The van der Waals surface area contributed by atoms with E-state index in [0.717, 1.165) is 32.1 Å². The molecule has 2 nitrogen and oxygen atoms in total. The van der Waals surface area contributed by atoms with E-state index in [2.05, 4.69) is 0 Å². The van der Waals surface area contributed by atoms with Crippen LogP contribution in [0.5, 0.6) is 0 Å². The number of hydrogen-bond donors (Lipinski definition) is 1. The zero-order chi connectivity index (χ0) is 14.0. The van der Waals surface area contributed by atoms with Crippen molar-refractivity contribution >= 4 is 5.91 Å². The van der Waals surface area contributed by atoms with Gasteiger partial charge in [-0.15, -0.1) is 0 Å². The largest absolute Gasteiger partial charge is 0.463 e. The molecule has 0 heterocycles. The Morgan fingerprint density at radius 3 is 2.06 bits per heavy atom. The lowest BCUT2D eigenvalue weighted by Gasteiger charge is -2.29. The Morgan fingerprint density at radius 1 is 1.11 bits per heavy atom. The van der Waals surface area contributed by atoms with Gasteiger partial charge in [-0.1, -0.05) is 19.3 Å². The number of halogens is 5. The van der Waals surface area contributed by atoms with Crippen molar-refractivity contribution in [3.8, 4) is 0 Å². The minimum atomic E-state index is -5.84. The molecular formula is C11H16F5NO. The number of alkyl halides is 5. The number of nitrogens with one attached hydrogen (secondary N) is 1. The van der Waals surface area contributed by atoms with Crippen LogP contribution in [0.25, 0.3) is 0 Å². The second-order valence-electron chi connectivity index (χ2n) is 4.73. The fraction of sp³-hybridized carbons (Fsp3) is 0.909. The van der Waals surface area contributed by atoms with Gasteiger partial charge in [0.05, 0.1) is 0 Å². The van der Waals surface area contributed by atoms with Crippen molar-refractivity contribution in [1.29, 1.82) is 0 Å². The van der Waals surface area contributed by atoms with Crippen LogP contribution in [0.4, 0.5) is 22.0 Å². The maximum absolute atomic E-state index is 12.7. The fourth-order valence-corrected chi connectivity index (χ4v) is 2.18. The van der Waals surface area contributed by atoms with Crippen molar-refractivity contribution in [2.24, 2.45) is 5.92 Å². The van der Waals surface area contributed by atoms with Crippen molar-refractivity contribution in [3.05, 3.63) is 0 Å². The van der Waals surface area contributed by atoms with E-state index in [-0.39, 0.29) is 5.92 Å². The first-order chi connectivity index (χ1) is 8.16. The molecule has 7 heteroatoms. The monoisotopic (exact) mass is 273 g/mol. The SMILES string of the molecule is CC(NC(=O)C(F)(F)C(F)(F)F)C1CCCCC1. The molecule has 18 heavy (non-hydrogen) atoms. The molecule has 1 aliphatic rings. The van der Waals surface area contributed by atoms with Gasteiger partial charge in [-0.05, 0) is 25.7 Å². The molecule has 0 aliphatic heterocycles. The zero-order valence-corrected chi connectivity index (χ0v) is 9.99. The highest BCUT2D eigenvalue weighted by molar-refractivity contribution is 5.84. The summed E-state index contributed by atoms with van der Waals surface area (Å²) in [5, 5.41) is 1.79. The van der Waals surface area contributed by atoms with E-state index in [9.17, 15) is 26.7 Å². The van der Waals surface area contributed by atoms with Crippen molar-refractivity contribution in [1.82, 2.24) is 5.32 Å². The summed E-state index contributed by atoms with van der Waals surface area (Å²) in [7, 11) is 0. The predicted octanol–water partition coefficient (Wildman–Crippen LogP) is 3.27. The van der Waals surface area contributed by atoms with Crippen LogP contribution in [0.2, 0.25) is 0 Å². The van der Waals surface area contributed by atoms with E-state index >= 15 is 0 Å². The number of carbonyl (C=O) groups is 1. The molecule has 0 aromatic rings. The first-order valence-corrected chi connectivity index (χ1v) is 5.91. The Bertz CT molecular complexity index is 296. The molecule has 1 N–H and O–H groups in total. The minimum Gasteiger partial charge on any atom is -0.348 e. The smallest absolute Gasteiger partial charge is 0.348 e. The fourth-order valence-electron chi connectivity index (χ4n) is 2.18. The van der Waals surface area contributed by atoms with E-state index in [1.165, 1.54) is 6.92 Å². The lowest BCUT2D eigenvalue weighted by molar-refractivity contribution is -0.270. The van der Waals surface area contributed by atoms with E-state index in [1.54, 1.807) is 5.32 Å². The van der Waals surface area contributed by atoms with Crippen LogP contribution in [0.15, 0.2) is 0 Å². The van der Waals surface area contributed by atoms with Gasteiger partial charge >= 0.3 is 18.0 Å². The third-order valence-electron chi connectivity index (χ3n) is 3.36. The van der Waals surface area contributed by atoms with Crippen LogP contribution in [-0.2, 0) is 4.79 Å². The Balaban J connectivity index is 2.58.